The summed E-state index contributed by atoms with van der Waals surface area (Å²) in [5, 5.41) is 1.53. The van der Waals surface area contributed by atoms with Gasteiger partial charge in [0, 0.05) is 5.56 Å². The maximum atomic E-state index is 3.66. The Bertz CT molecular complexity index is 617. The van der Waals surface area contributed by atoms with Crippen molar-refractivity contribution < 1.29 is 0 Å². The molecule has 0 saturated carbocycles. The van der Waals surface area contributed by atoms with Crippen molar-refractivity contribution in [3.05, 3.63) is 66.2 Å². The molecule has 2 rings (SSSR count). The lowest BCUT2D eigenvalue weighted by Crippen LogP contribution is -2.62. The van der Waals surface area contributed by atoms with Gasteiger partial charge >= 0.3 is 0 Å². The number of hydrogen-bond donors (Lipinski definition) is 0. The molecule has 20 heavy (non-hydrogen) atoms. The SMILES string of the molecule is C[Si](C)(C#Cc1ccccc1)[Si](C)(C)c1ccccc1. The quantitative estimate of drug-likeness (QED) is 0.580. The number of hydrogen-bond acceptors (Lipinski definition) is 0. The first kappa shape index (κ1) is 14.8. The Labute approximate surface area is 124 Å². The van der Waals surface area contributed by atoms with Gasteiger partial charge in [-0.1, -0.05) is 85.8 Å². The van der Waals surface area contributed by atoms with E-state index in [2.05, 4.69) is 92.2 Å². The fourth-order valence-electron chi connectivity index (χ4n) is 2.12. The van der Waals surface area contributed by atoms with Crippen LogP contribution in [-0.4, -0.2) is 15.2 Å². The summed E-state index contributed by atoms with van der Waals surface area (Å²) in [6.45, 7) is 9.77. The van der Waals surface area contributed by atoms with Gasteiger partial charge in [0.1, 0.15) is 7.59 Å². The molecular formula is C18H22Si2. The molecule has 2 heteroatoms. The highest BCUT2D eigenvalue weighted by atomic mass is 29.3. The molecule has 0 nitrogen and oxygen atoms in total. The van der Waals surface area contributed by atoms with Gasteiger partial charge in [0.15, 0.2) is 0 Å². The summed E-state index contributed by atoms with van der Waals surface area (Å²) in [6.07, 6.45) is 0. The predicted octanol–water partition coefficient (Wildman–Crippen LogP) is 3.98. The van der Waals surface area contributed by atoms with Gasteiger partial charge in [0.25, 0.3) is 0 Å². The van der Waals surface area contributed by atoms with Gasteiger partial charge in [-0.15, -0.1) is 5.54 Å². The van der Waals surface area contributed by atoms with Crippen LogP contribution in [0.4, 0.5) is 0 Å². The third kappa shape index (κ3) is 3.12. The smallest absolute Gasteiger partial charge is 0.129 e. The zero-order valence-electron chi connectivity index (χ0n) is 12.8. The Balaban J connectivity index is 2.33. The Kier molecular flexibility index (Phi) is 4.32. The van der Waals surface area contributed by atoms with Crippen molar-refractivity contribution >= 4 is 20.4 Å². The van der Waals surface area contributed by atoms with Gasteiger partial charge in [-0.3, -0.25) is 0 Å². The molecule has 2 aromatic carbocycles. The second-order valence-corrected chi connectivity index (χ2v) is 21.1. The first-order valence-corrected chi connectivity index (χ1v) is 14.1. The third-order valence-corrected chi connectivity index (χ3v) is 20.6. The highest BCUT2D eigenvalue weighted by Gasteiger charge is 2.41. The molecule has 0 spiro atoms. The van der Waals surface area contributed by atoms with Crippen LogP contribution in [0.2, 0.25) is 26.2 Å². The highest BCUT2D eigenvalue weighted by Crippen LogP contribution is 2.18. The van der Waals surface area contributed by atoms with E-state index in [4.69, 9.17) is 0 Å². The molecule has 0 aliphatic rings. The molecule has 0 aromatic heterocycles. The van der Waals surface area contributed by atoms with Crippen molar-refractivity contribution in [1.29, 1.82) is 0 Å². The second kappa shape index (κ2) is 5.82. The average molecular weight is 295 g/mol. The summed E-state index contributed by atoms with van der Waals surface area (Å²) in [5.74, 6) is 3.41. The summed E-state index contributed by atoms with van der Waals surface area (Å²) >= 11 is 0. The standard InChI is InChI=1S/C18H22Si2/c1-19(2,16-15-17-11-7-5-8-12-17)20(3,4)18-13-9-6-10-14-18/h5-14H,1-4H3. The monoisotopic (exact) mass is 294 g/mol. The van der Waals surface area contributed by atoms with E-state index in [0.717, 1.165) is 5.56 Å². The van der Waals surface area contributed by atoms with E-state index in [1.807, 2.05) is 6.07 Å². The molecule has 0 aliphatic heterocycles. The Morgan fingerprint density at radius 3 is 1.75 bits per heavy atom. The lowest BCUT2D eigenvalue weighted by Gasteiger charge is -2.34. The van der Waals surface area contributed by atoms with Gasteiger partial charge < -0.3 is 0 Å². The summed E-state index contributed by atoms with van der Waals surface area (Å²) in [4.78, 5) is 0. The van der Waals surface area contributed by atoms with Gasteiger partial charge in [-0.25, -0.2) is 0 Å². The molecule has 0 atom stereocenters. The van der Waals surface area contributed by atoms with Crippen LogP contribution in [0.5, 0.6) is 0 Å². The first-order valence-electron chi connectivity index (χ1n) is 7.07. The van der Waals surface area contributed by atoms with E-state index in [1.54, 1.807) is 0 Å². The number of rotatable bonds is 2. The maximum Gasteiger partial charge on any atom is 0.129 e. The zero-order valence-corrected chi connectivity index (χ0v) is 14.8. The van der Waals surface area contributed by atoms with Crippen LogP contribution in [-0.2, 0) is 0 Å². The molecule has 0 fully saturated rings. The first-order chi connectivity index (χ1) is 9.43. The topological polar surface area (TPSA) is 0 Å². The molecular weight excluding hydrogens is 272 g/mol. The van der Waals surface area contributed by atoms with E-state index in [0.29, 0.717) is 0 Å². The fourth-order valence-corrected chi connectivity index (χ4v) is 8.43. The predicted molar refractivity (Wildman–Crippen MR) is 94.4 cm³/mol. The summed E-state index contributed by atoms with van der Waals surface area (Å²) in [7, 11) is -3.07. The lowest BCUT2D eigenvalue weighted by atomic mass is 10.2. The van der Waals surface area contributed by atoms with Crippen LogP contribution in [0.1, 0.15) is 5.56 Å². The Hall–Kier alpha value is -1.57. The fraction of sp³-hybridized carbons (Fsp3) is 0.222. The minimum absolute atomic E-state index is 1.13. The van der Waals surface area contributed by atoms with E-state index in [-0.39, 0.29) is 0 Å². The van der Waals surface area contributed by atoms with Crippen LogP contribution in [0.3, 0.4) is 0 Å². The molecule has 102 valence electrons. The molecule has 0 radical (unpaired) electrons. The molecule has 0 aliphatic carbocycles. The molecule has 0 saturated heterocycles. The zero-order chi connectivity index (χ0) is 14.6. The van der Waals surface area contributed by atoms with Crippen LogP contribution in [0, 0.1) is 11.5 Å². The van der Waals surface area contributed by atoms with Gasteiger partial charge in [0.05, 0.1) is 7.59 Å². The van der Waals surface area contributed by atoms with Crippen LogP contribution in [0.15, 0.2) is 60.7 Å². The van der Waals surface area contributed by atoms with Crippen molar-refractivity contribution in [2.45, 2.75) is 26.2 Å². The lowest BCUT2D eigenvalue weighted by molar-refractivity contribution is 1.65. The van der Waals surface area contributed by atoms with Crippen LogP contribution >= 0.6 is 0 Å². The van der Waals surface area contributed by atoms with Crippen molar-refractivity contribution in [1.82, 2.24) is 0 Å². The Morgan fingerprint density at radius 1 is 0.700 bits per heavy atom. The molecule has 0 unspecified atom stereocenters. The van der Waals surface area contributed by atoms with E-state index >= 15 is 0 Å². The molecule has 2 aromatic rings. The van der Waals surface area contributed by atoms with Crippen molar-refractivity contribution in [2.24, 2.45) is 0 Å². The normalized spacial score (nSPS) is 11.6. The van der Waals surface area contributed by atoms with Crippen LogP contribution in [0.25, 0.3) is 0 Å². The highest BCUT2D eigenvalue weighted by molar-refractivity contribution is 7.48. The number of benzene rings is 2. The minimum atomic E-state index is -1.58. The largest absolute Gasteiger partial charge is 0.129 e. The van der Waals surface area contributed by atoms with Gasteiger partial charge in [0.2, 0.25) is 0 Å². The summed E-state index contributed by atoms with van der Waals surface area (Å²) in [5.41, 5.74) is 4.80. The van der Waals surface area contributed by atoms with Gasteiger partial charge in [-0.2, -0.15) is 0 Å². The van der Waals surface area contributed by atoms with Crippen molar-refractivity contribution in [2.75, 3.05) is 0 Å². The van der Waals surface area contributed by atoms with Crippen molar-refractivity contribution in [3.8, 4) is 11.5 Å². The third-order valence-electron chi connectivity index (χ3n) is 4.35. The minimum Gasteiger partial charge on any atom is -0.129 e. The molecule has 0 N–H and O–H groups in total. The molecule has 0 heterocycles. The molecule has 0 amide bonds. The van der Waals surface area contributed by atoms with Crippen molar-refractivity contribution in [3.63, 3.8) is 0 Å². The van der Waals surface area contributed by atoms with E-state index < -0.39 is 15.2 Å². The van der Waals surface area contributed by atoms with Gasteiger partial charge in [-0.05, 0) is 12.1 Å². The summed E-state index contributed by atoms with van der Waals surface area (Å²) < 4.78 is 0. The second-order valence-electron chi connectivity index (χ2n) is 6.23. The Morgan fingerprint density at radius 2 is 1.20 bits per heavy atom. The van der Waals surface area contributed by atoms with Crippen LogP contribution < -0.4 is 5.19 Å². The average Bonchev–Trinajstić information content (AvgIpc) is 2.47. The van der Waals surface area contributed by atoms with E-state index in [1.165, 1.54) is 5.19 Å². The maximum absolute atomic E-state index is 3.66. The molecule has 0 bridgehead atoms. The van der Waals surface area contributed by atoms with E-state index in [9.17, 15) is 0 Å². The summed E-state index contributed by atoms with van der Waals surface area (Å²) in [6, 6.07) is 21.3.